The van der Waals surface area contributed by atoms with E-state index in [1.54, 1.807) is 35.2 Å². The molecule has 0 spiro atoms. The predicted octanol–water partition coefficient (Wildman–Crippen LogP) is 2.48. The van der Waals surface area contributed by atoms with Crippen LogP contribution in [0.4, 0.5) is 5.69 Å². The van der Waals surface area contributed by atoms with Gasteiger partial charge in [0.2, 0.25) is 10.0 Å². The molecule has 0 saturated heterocycles. The standard InChI is InChI=1S/C19H19ClN2O4S/c1-21(2)27(24,25)15-4-5-16-12(10-15)7-8-22(16)19(23)18-11-13-9-14(20)3-6-17(13)26-18/h3-6,9-10,18H,7-8,11H2,1-2H3/t18-/m1/s1. The Bertz CT molecular complexity index is 1040. The number of carbonyl (C=O) groups excluding carboxylic acids is 1. The minimum atomic E-state index is -3.50. The lowest BCUT2D eigenvalue weighted by atomic mass is 10.1. The number of nitrogens with zero attached hydrogens (tertiary/aromatic N) is 2. The summed E-state index contributed by atoms with van der Waals surface area (Å²) >= 11 is 6.02. The number of ether oxygens (including phenoxy) is 1. The van der Waals surface area contributed by atoms with Gasteiger partial charge in [-0.1, -0.05) is 11.6 Å². The van der Waals surface area contributed by atoms with Crippen LogP contribution in [0, 0.1) is 0 Å². The molecule has 0 aliphatic carbocycles. The van der Waals surface area contributed by atoms with Crippen LogP contribution in [0.15, 0.2) is 41.3 Å². The summed E-state index contributed by atoms with van der Waals surface area (Å²) in [6.45, 7) is 0.511. The van der Waals surface area contributed by atoms with Crippen LogP contribution in [0.1, 0.15) is 11.1 Å². The van der Waals surface area contributed by atoms with Gasteiger partial charge in [-0.3, -0.25) is 4.79 Å². The van der Waals surface area contributed by atoms with Crippen molar-refractivity contribution in [2.45, 2.75) is 23.8 Å². The van der Waals surface area contributed by atoms with Crippen molar-refractivity contribution in [1.29, 1.82) is 0 Å². The molecule has 2 aromatic carbocycles. The number of carbonyl (C=O) groups is 1. The Morgan fingerprint density at radius 2 is 1.96 bits per heavy atom. The summed E-state index contributed by atoms with van der Waals surface area (Å²) in [6.07, 6.45) is 0.506. The quantitative estimate of drug-likeness (QED) is 0.785. The highest BCUT2D eigenvalue weighted by atomic mass is 35.5. The summed E-state index contributed by atoms with van der Waals surface area (Å²) in [5.74, 6) is 0.564. The molecule has 0 saturated carbocycles. The molecule has 0 N–H and O–H groups in total. The van der Waals surface area contributed by atoms with Crippen molar-refractivity contribution >= 4 is 33.2 Å². The van der Waals surface area contributed by atoms with E-state index in [-0.39, 0.29) is 10.8 Å². The summed E-state index contributed by atoms with van der Waals surface area (Å²) in [4.78, 5) is 14.9. The van der Waals surface area contributed by atoms with Crippen molar-refractivity contribution in [2.24, 2.45) is 0 Å². The maximum absolute atomic E-state index is 13.0. The lowest BCUT2D eigenvalue weighted by molar-refractivity contribution is -0.124. The monoisotopic (exact) mass is 406 g/mol. The van der Waals surface area contributed by atoms with E-state index in [1.165, 1.54) is 18.4 Å². The van der Waals surface area contributed by atoms with Gasteiger partial charge in [-0.15, -0.1) is 0 Å². The van der Waals surface area contributed by atoms with Gasteiger partial charge in [0.15, 0.2) is 6.10 Å². The zero-order valence-corrected chi connectivity index (χ0v) is 16.5. The van der Waals surface area contributed by atoms with Gasteiger partial charge in [0.1, 0.15) is 5.75 Å². The van der Waals surface area contributed by atoms with E-state index < -0.39 is 16.1 Å². The van der Waals surface area contributed by atoms with Crippen molar-refractivity contribution < 1.29 is 17.9 Å². The molecule has 2 aliphatic heterocycles. The SMILES string of the molecule is CN(C)S(=O)(=O)c1ccc2c(c1)CCN2C(=O)[C@H]1Cc2cc(Cl)ccc2O1. The predicted molar refractivity (Wildman–Crippen MR) is 103 cm³/mol. The van der Waals surface area contributed by atoms with Gasteiger partial charge in [0, 0.05) is 37.8 Å². The summed E-state index contributed by atoms with van der Waals surface area (Å²) < 4.78 is 31.6. The number of rotatable bonds is 3. The Hall–Kier alpha value is -2.09. The van der Waals surface area contributed by atoms with Gasteiger partial charge in [0.25, 0.3) is 5.91 Å². The maximum Gasteiger partial charge on any atom is 0.268 e. The first-order valence-electron chi connectivity index (χ1n) is 8.59. The van der Waals surface area contributed by atoms with Crippen LogP contribution in [-0.2, 0) is 27.7 Å². The molecular formula is C19H19ClN2O4S. The third-order valence-electron chi connectivity index (χ3n) is 4.96. The number of fused-ring (bicyclic) bond motifs is 2. The molecule has 0 fully saturated rings. The molecule has 1 atom stereocenters. The smallest absolute Gasteiger partial charge is 0.268 e. The number of hydrogen-bond acceptors (Lipinski definition) is 4. The van der Waals surface area contributed by atoms with Gasteiger partial charge in [-0.05, 0) is 53.9 Å². The molecule has 6 nitrogen and oxygen atoms in total. The van der Waals surface area contributed by atoms with Crippen molar-refractivity contribution in [1.82, 2.24) is 4.31 Å². The molecule has 2 aromatic rings. The van der Waals surface area contributed by atoms with Crippen LogP contribution in [0.25, 0.3) is 0 Å². The van der Waals surface area contributed by atoms with E-state index in [2.05, 4.69) is 0 Å². The topological polar surface area (TPSA) is 66.9 Å². The second-order valence-electron chi connectivity index (χ2n) is 6.88. The van der Waals surface area contributed by atoms with Crippen molar-refractivity contribution in [3.8, 4) is 5.75 Å². The van der Waals surface area contributed by atoms with Crippen LogP contribution in [-0.4, -0.2) is 45.4 Å². The Kier molecular flexibility index (Phi) is 4.41. The van der Waals surface area contributed by atoms with Crippen molar-refractivity contribution in [3.05, 3.63) is 52.5 Å². The van der Waals surface area contributed by atoms with E-state index in [1.807, 2.05) is 6.07 Å². The molecule has 0 aromatic heterocycles. The van der Waals surface area contributed by atoms with E-state index in [0.29, 0.717) is 30.2 Å². The minimum absolute atomic E-state index is 0.121. The van der Waals surface area contributed by atoms with Crippen molar-refractivity contribution in [3.63, 3.8) is 0 Å². The molecule has 4 rings (SSSR count). The van der Waals surface area contributed by atoms with Gasteiger partial charge in [-0.25, -0.2) is 12.7 Å². The normalized spacial score (nSPS) is 18.4. The van der Waals surface area contributed by atoms with Gasteiger partial charge < -0.3 is 9.64 Å². The second kappa shape index (κ2) is 6.51. The number of amides is 1. The first kappa shape index (κ1) is 18.3. The highest BCUT2D eigenvalue weighted by Crippen LogP contribution is 2.35. The molecule has 2 aliphatic rings. The molecule has 27 heavy (non-hydrogen) atoms. The summed E-state index contributed by atoms with van der Waals surface area (Å²) in [7, 11) is -0.500. The summed E-state index contributed by atoms with van der Waals surface area (Å²) in [5, 5.41) is 0.617. The molecule has 0 bridgehead atoms. The Morgan fingerprint density at radius 3 is 2.70 bits per heavy atom. The average Bonchev–Trinajstić information content (AvgIpc) is 3.23. The number of halogens is 1. The van der Waals surface area contributed by atoms with Crippen LogP contribution < -0.4 is 9.64 Å². The zero-order chi connectivity index (χ0) is 19.3. The number of benzene rings is 2. The minimum Gasteiger partial charge on any atom is -0.480 e. The Balaban J connectivity index is 1.57. The highest BCUT2D eigenvalue weighted by molar-refractivity contribution is 7.89. The number of anilines is 1. The van der Waals surface area contributed by atoms with Crippen molar-refractivity contribution in [2.75, 3.05) is 25.5 Å². The fourth-order valence-corrected chi connectivity index (χ4v) is 4.65. The Morgan fingerprint density at radius 1 is 1.19 bits per heavy atom. The van der Waals surface area contributed by atoms with Crippen LogP contribution in [0.5, 0.6) is 5.75 Å². The summed E-state index contributed by atoms with van der Waals surface area (Å²) in [6, 6.07) is 10.2. The van der Waals surface area contributed by atoms with Crippen LogP contribution in [0.3, 0.4) is 0 Å². The molecule has 142 valence electrons. The van der Waals surface area contributed by atoms with E-state index in [0.717, 1.165) is 16.8 Å². The van der Waals surface area contributed by atoms with E-state index in [9.17, 15) is 13.2 Å². The first-order chi connectivity index (χ1) is 12.8. The fraction of sp³-hybridized carbons (Fsp3) is 0.316. The van der Waals surface area contributed by atoms with Crippen LogP contribution in [0.2, 0.25) is 5.02 Å². The molecule has 1 amide bonds. The third-order valence-corrected chi connectivity index (χ3v) is 7.01. The second-order valence-corrected chi connectivity index (χ2v) is 9.47. The van der Waals surface area contributed by atoms with E-state index in [4.69, 9.17) is 16.3 Å². The van der Waals surface area contributed by atoms with Gasteiger partial charge >= 0.3 is 0 Å². The van der Waals surface area contributed by atoms with Gasteiger partial charge in [-0.2, -0.15) is 0 Å². The number of hydrogen-bond donors (Lipinski definition) is 0. The third kappa shape index (κ3) is 3.09. The average molecular weight is 407 g/mol. The highest BCUT2D eigenvalue weighted by Gasteiger charge is 2.36. The Labute approximate surface area is 163 Å². The summed E-state index contributed by atoms with van der Waals surface area (Å²) in [5.41, 5.74) is 2.52. The lowest BCUT2D eigenvalue weighted by Gasteiger charge is -2.21. The van der Waals surface area contributed by atoms with E-state index >= 15 is 0 Å². The van der Waals surface area contributed by atoms with Gasteiger partial charge in [0.05, 0.1) is 4.90 Å². The largest absolute Gasteiger partial charge is 0.480 e. The fourth-order valence-electron chi connectivity index (χ4n) is 3.51. The van der Waals surface area contributed by atoms with Crippen LogP contribution >= 0.6 is 11.6 Å². The molecule has 0 unspecified atom stereocenters. The molecular weight excluding hydrogens is 388 g/mol. The lowest BCUT2D eigenvalue weighted by Crippen LogP contribution is -2.40. The number of sulfonamides is 1. The molecule has 0 radical (unpaired) electrons. The molecule has 8 heteroatoms. The maximum atomic E-state index is 13.0. The molecule has 2 heterocycles. The zero-order valence-electron chi connectivity index (χ0n) is 15.0. The first-order valence-corrected chi connectivity index (χ1v) is 10.4.